The average molecular weight is 277 g/mol. The van der Waals surface area contributed by atoms with Crippen LogP contribution in [0.1, 0.15) is 30.6 Å². The van der Waals surface area contributed by atoms with Crippen molar-refractivity contribution in [2.45, 2.75) is 26.3 Å². The van der Waals surface area contributed by atoms with Gasteiger partial charge in [-0.05, 0) is 38.5 Å². The fraction of sp³-hybridized carbons (Fsp3) is 0.533. The Morgan fingerprint density at radius 3 is 2.95 bits per heavy atom. The van der Waals surface area contributed by atoms with E-state index >= 15 is 0 Å². The van der Waals surface area contributed by atoms with Crippen molar-refractivity contribution in [3.63, 3.8) is 0 Å². The zero-order valence-electron chi connectivity index (χ0n) is 12.1. The van der Waals surface area contributed by atoms with Gasteiger partial charge in [0.25, 0.3) is 5.91 Å². The lowest BCUT2D eigenvalue weighted by atomic mass is 10.00. The number of carbonyl (C=O) groups is 1. The molecule has 1 fully saturated rings. The summed E-state index contributed by atoms with van der Waals surface area (Å²) in [5, 5.41) is 6.18. The Balaban J connectivity index is 2.03. The van der Waals surface area contributed by atoms with E-state index in [0.29, 0.717) is 29.8 Å². The Morgan fingerprint density at radius 2 is 2.35 bits per heavy atom. The highest BCUT2D eigenvalue weighted by Gasteiger charge is 2.22. The topological polar surface area (TPSA) is 76.4 Å². The number of hydrogen-bond acceptors (Lipinski definition) is 4. The van der Waals surface area contributed by atoms with E-state index in [1.54, 1.807) is 12.1 Å². The summed E-state index contributed by atoms with van der Waals surface area (Å²) in [6.45, 7) is 6.27. The maximum atomic E-state index is 11.7. The molecular formula is C15H23N3O2. The molecule has 1 aromatic rings. The molecule has 5 nitrogen and oxygen atoms in total. The van der Waals surface area contributed by atoms with Crippen LogP contribution in [0.25, 0.3) is 0 Å². The van der Waals surface area contributed by atoms with Gasteiger partial charge >= 0.3 is 0 Å². The minimum atomic E-state index is -0.0945. The van der Waals surface area contributed by atoms with Crippen molar-refractivity contribution in [3.05, 3.63) is 23.8 Å². The quantitative estimate of drug-likeness (QED) is 0.718. The van der Waals surface area contributed by atoms with Gasteiger partial charge < -0.3 is 21.1 Å². The third-order valence-corrected chi connectivity index (χ3v) is 3.71. The van der Waals surface area contributed by atoms with Crippen molar-refractivity contribution in [1.29, 1.82) is 0 Å². The third kappa shape index (κ3) is 3.42. The summed E-state index contributed by atoms with van der Waals surface area (Å²) in [5.41, 5.74) is 8.09. The molecule has 1 saturated heterocycles. The average Bonchev–Trinajstić information content (AvgIpc) is 2.95. The van der Waals surface area contributed by atoms with Crippen LogP contribution in [0.3, 0.4) is 0 Å². The van der Waals surface area contributed by atoms with E-state index in [0.717, 1.165) is 25.3 Å². The highest BCUT2D eigenvalue weighted by atomic mass is 16.5. The van der Waals surface area contributed by atoms with Gasteiger partial charge in [0, 0.05) is 30.7 Å². The summed E-state index contributed by atoms with van der Waals surface area (Å²) in [6.07, 6.45) is 1.07. The summed E-state index contributed by atoms with van der Waals surface area (Å²) in [7, 11) is 0. The van der Waals surface area contributed by atoms with Crippen LogP contribution in [0.5, 0.6) is 0 Å². The lowest BCUT2D eigenvalue weighted by Crippen LogP contribution is -2.27. The SMILES string of the molecule is CCNC(=O)c1ccc(NC(C)C2CCOC2)c(N)c1. The Kier molecular flexibility index (Phi) is 4.84. The Morgan fingerprint density at radius 1 is 1.55 bits per heavy atom. The van der Waals surface area contributed by atoms with Crippen molar-refractivity contribution in [1.82, 2.24) is 5.32 Å². The molecule has 2 rings (SSSR count). The van der Waals surface area contributed by atoms with Crippen molar-refractivity contribution < 1.29 is 9.53 Å². The molecule has 0 aliphatic carbocycles. The third-order valence-electron chi connectivity index (χ3n) is 3.71. The lowest BCUT2D eigenvalue weighted by molar-refractivity contribution is 0.0956. The Bertz CT molecular complexity index is 470. The van der Waals surface area contributed by atoms with Crippen LogP contribution in [0, 0.1) is 5.92 Å². The van der Waals surface area contributed by atoms with Crippen molar-refractivity contribution in [3.8, 4) is 0 Å². The van der Waals surface area contributed by atoms with Gasteiger partial charge in [-0.15, -0.1) is 0 Å². The highest BCUT2D eigenvalue weighted by Crippen LogP contribution is 2.25. The van der Waals surface area contributed by atoms with Crippen LogP contribution in [0.4, 0.5) is 11.4 Å². The summed E-state index contributed by atoms with van der Waals surface area (Å²) in [6, 6.07) is 5.68. The first-order valence-corrected chi connectivity index (χ1v) is 7.13. The molecule has 0 spiro atoms. The normalized spacial score (nSPS) is 19.6. The number of carbonyl (C=O) groups excluding carboxylic acids is 1. The second kappa shape index (κ2) is 6.61. The maximum Gasteiger partial charge on any atom is 0.251 e. The molecule has 4 N–H and O–H groups in total. The second-order valence-corrected chi connectivity index (χ2v) is 5.22. The second-order valence-electron chi connectivity index (χ2n) is 5.22. The smallest absolute Gasteiger partial charge is 0.251 e. The van der Waals surface area contributed by atoms with Gasteiger partial charge in [-0.25, -0.2) is 0 Å². The number of nitrogen functional groups attached to an aromatic ring is 1. The lowest BCUT2D eigenvalue weighted by Gasteiger charge is -2.21. The van der Waals surface area contributed by atoms with E-state index in [-0.39, 0.29) is 5.91 Å². The van der Waals surface area contributed by atoms with Crippen LogP contribution >= 0.6 is 0 Å². The molecule has 0 radical (unpaired) electrons. The summed E-state index contributed by atoms with van der Waals surface area (Å²) < 4.78 is 5.40. The van der Waals surface area contributed by atoms with Gasteiger partial charge in [-0.2, -0.15) is 0 Å². The maximum absolute atomic E-state index is 11.7. The zero-order valence-corrected chi connectivity index (χ0v) is 12.1. The Hall–Kier alpha value is -1.75. The molecule has 20 heavy (non-hydrogen) atoms. The molecule has 0 saturated carbocycles. The zero-order chi connectivity index (χ0) is 14.5. The summed E-state index contributed by atoms with van der Waals surface area (Å²) >= 11 is 0. The predicted octanol–water partition coefficient (Wildman–Crippen LogP) is 1.86. The minimum Gasteiger partial charge on any atom is -0.397 e. The van der Waals surface area contributed by atoms with Crippen molar-refractivity contribution >= 4 is 17.3 Å². The predicted molar refractivity (Wildman–Crippen MR) is 80.9 cm³/mol. The van der Waals surface area contributed by atoms with Crippen LogP contribution in [0.2, 0.25) is 0 Å². The van der Waals surface area contributed by atoms with Gasteiger partial charge in [0.05, 0.1) is 18.0 Å². The van der Waals surface area contributed by atoms with Gasteiger partial charge in [0.2, 0.25) is 0 Å². The largest absolute Gasteiger partial charge is 0.397 e. The molecule has 1 aromatic carbocycles. The van der Waals surface area contributed by atoms with Crippen molar-refractivity contribution in [2.75, 3.05) is 30.8 Å². The van der Waals surface area contributed by atoms with Crippen LogP contribution in [0.15, 0.2) is 18.2 Å². The van der Waals surface area contributed by atoms with Gasteiger partial charge in [-0.1, -0.05) is 0 Å². The first-order chi connectivity index (χ1) is 9.61. The molecule has 0 aromatic heterocycles. The van der Waals surface area contributed by atoms with Crippen LogP contribution in [-0.4, -0.2) is 31.7 Å². The molecule has 0 bridgehead atoms. The molecule has 110 valence electrons. The number of hydrogen-bond donors (Lipinski definition) is 3. The number of amides is 1. The summed E-state index contributed by atoms with van der Waals surface area (Å²) in [4.78, 5) is 11.7. The Labute approximate surface area is 119 Å². The van der Waals surface area contributed by atoms with E-state index in [2.05, 4.69) is 17.6 Å². The number of anilines is 2. The number of ether oxygens (including phenoxy) is 1. The van der Waals surface area contributed by atoms with Crippen LogP contribution < -0.4 is 16.4 Å². The fourth-order valence-electron chi connectivity index (χ4n) is 2.41. The highest BCUT2D eigenvalue weighted by molar-refractivity contribution is 5.96. The standard InChI is InChI=1S/C15H23N3O2/c1-3-17-15(19)11-4-5-14(13(16)8-11)18-10(2)12-6-7-20-9-12/h4-5,8,10,12,18H,3,6-7,9,16H2,1-2H3,(H,17,19). The minimum absolute atomic E-state index is 0.0945. The molecule has 2 unspecified atom stereocenters. The first kappa shape index (κ1) is 14.7. The molecule has 2 atom stereocenters. The molecule has 1 aliphatic rings. The number of benzene rings is 1. The van der Waals surface area contributed by atoms with E-state index in [1.807, 2.05) is 13.0 Å². The molecular weight excluding hydrogens is 254 g/mol. The molecule has 1 amide bonds. The van der Waals surface area contributed by atoms with E-state index in [1.165, 1.54) is 0 Å². The van der Waals surface area contributed by atoms with Gasteiger partial charge in [0.1, 0.15) is 0 Å². The first-order valence-electron chi connectivity index (χ1n) is 7.13. The van der Waals surface area contributed by atoms with Gasteiger partial charge in [-0.3, -0.25) is 4.79 Å². The number of nitrogens with two attached hydrogens (primary N) is 1. The van der Waals surface area contributed by atoms with E-state index in [9.17, 15) is 4.79 Å². The fourth-order valence-corrected chi connectivity index (χ4v) is 2.41. The molecule has 1 heterocycles. The van der Waals surface area contributed by atoms with Crippen LogP contribution in [-0.2, 0) is 4.74 Å². The number of nitrogens with one attached hydrogen (secondary N) is 2. The summed E-state index contributed by atoms with van der Waals surface area (Å²) in [5.74, 6) is 0.417. The molecule has 5 heteroatoms. The molecule has 1 aliphatic heterocycles. The van der Waals surface area contributed by atoms with Crippen molar-refractivity contribution in [2.24, 2.45) is 5.92 Å². The van der Waals surface area contributed by atoms with Gasteiger partial charge in [0.15, 0.2) is 0 Å². The van der Waals surface area contributed by atoms with E-state index in [4.69, 9.17) is 10.5 Å². The van der Waals surface area contributed by atoms with E-state index < -0.39 is 0 Å². The number of rotatable bonds is 5. The monoisotopic (exact) mass is 277 g/mol.